The van der Waals surface area contributed by atoms with Gasteiger partial charge in [-0.25, -0.2) is 0 Å². The molecule has 0 radical (unpaired) electrons. The molecule has 4 heteroatoms. The SMILES string of the molecule is COc1ccc(-c2cc(OC)c(OC)cc2C=O)cc1C. The van der Waals surface area contributed by atoms with Gasteiger partial charge in [-0.05, 0) is 47.9 Å². The van der Waals surface area contributed by atoms with Crippen molar-refractivity contribution < 1.29 is 19.0 Å². The molecule has 0 atom stereocenters. The fourth-order valence-electron chi connectivity index (χ4n) is 2.29. The van der Waals surface area contributed by atoms with Gasteiger partial charge in [0.2, 0.25) is 0 Å². The van der Waals surface area contributed by atoms with E-state index in [2.05, 4.69) is 0 Å². The van der Waals surface area contributed by atoms with Gasteiger partial charge in [-0.2, -0.15) is 0 Å². The predicted octanol–water partition coefficient (Wildman–Crippen LogP) is 3.50. The average molecular weight is 286 g/mol. The molecule has 0 fully saturated rings. The molecule has 110 valence electrons. The first-order chi connectivity index (χ1) is 10.1. The Morgan fingerprint density at radius 2 is 1.48 bits per heavy atom. The van der Waals surface area contributed by atoms with Crippen molar-refractivity contribution in [3.8, 4) is 28.4 Å². The van der Waals surface area contributed by atoms with Gasteiger partial charge in [-0.1, -0.05) is 6.07 Å². The highest BCUT2D eigenvalue weighted by molar-refractivity contribution is 5.89. The maximum absolute atomic E-state index is 11.4. The van der Waals surface area contributed by atoms with Crippen LogP contribution in [0.2, 0.25) is 0 Å². The number of carbonyl (C=O) groups is 1. The molecule has 2 aromatic carbocycles. The van der Waals surface area contributed by atoms with Crippen molar-refractivity contribution in [2.24, 2.45) is 0 Å². The largest absolute Gasteiger partial charge is 0.496 e. The van der Waals surface area contributed by atoms with Crippen LogP contribution in [-0.2, 0) is 0 Å². The van der Waals surface area contributed by atoms with Crippen LogP contribution in [0.4, 0.5) is 0 Å². The van der Waals surface area contributed by atoms with E-state index in [9.17, 15) is 4.79 Å². The van der Waals surface area contributed by atoms with E-state index in [-0.39, 0.29) is 0 Å². The highest BCUT2D eigenvalue weighted by Gasteiger charge is 2.13. The third-order valence-electron chi connectivity index (χ3n) is 3.39. The molecule has 0 spiro atoms. The number of methoxy groups -OCH3 is 3. The molecule has 0 aliphatic heterocycles. The van der Waals surface area contributed by atoms with Crippen LogP contribution in [0.15, 0.2) is 30.3 Å². The summed E-state index contributed by atoms with van der Waals surface area (Å²) in [5, 5.41) is 0. The maximum Gasteiger partial charge on any atom is 0.161 e. The first kappa shape index (κ1) is 14.9. The molecule has 0 aliphatic rings. The number of aryl methyl sites for hydroxylation is 1. The molecule has 2 aromatic rings. The van der Waals surface area contributed by atoms with Crippen LogP contribution >= 0.6 is 0 Å². The first-order valence-electron chi connectivity index (χ1n) is 6.50. The number of hydrogen-bond donors (Lipinski definition) is 0. The van der Waals surface area contributed by atoms with Gasteiger partial charge in [-0.3, -0.25) is 4.79 Å². The third-order valence-corrected chi connectivity index (χ3v) is 3.39. The van der Waals surface area contributed by atoms with Crippen molar-refractivity contribution in [3.05, 3.63) is 41.5 Å². The average Bonchev–Trinajstić information content (AvgIpc) is 2.53. The van der Waals surface area contributed by atoms with Crippen molar-refractivity contribution >= 4 is 6.29 Å². The van der Waals surface area contributed by atoms with E-state index in [1.165, 1.54) is 0 Å². The van der Waals surface area contributed by atoms with E-state index in [4.69, 9.17) is 14.2 Å². The molecule has 0 unspecified atom stereocenters. The van der Waals surface area contributed by atoms with Gasteiger partial charge in [0.05, 0.1) is 21.3 Å². The highest BCUT2D eigenvalue weighted by Crippen LogP contribution is 2.36. The molecule has 4 nitrogen and oxygen atoms in total. The second-order valence-corrected chi connectivity index (χ2v) is 4.60. The lowest BCUT2D eigenvalue weighted by Gasteiger charge is -2.13. The summed E-state index contributed by atoms with van der Waals surface area (Å²) in [7, 11) is 4.75. The number of ether oxygens (including phenoxy) is 3. The molecule has 0 saturated carbocycles. The van der Waals surface area contributed by atoms with Crippen LogP contribution in [0.1, 0.15) is 15.9 Å². The summed E-state index contributed by atoms with van der Waals surface area (Å²) in [6.45, 7) is 1.96. The molecular formula is C17H18O4. The molecule has 0 amide bonds. The lowest BCUT2D eigenvalue weighted by molar-refractivity contribution is 0.112. The maximum atomic E-state index is 11.4. The van der Waals surface area contributed by atoms with Crippen molar-refractivity contribution in [1.29, 1.82) is 0 Å². The van der Waals surface area contributed by atoms with Gasteiger partial charge in [-0.15, -0.1) is 0 Å². The van der Waals surface area contributed by atoms with Crippen LogP contribution < -0.4 is 14.2 Å². The minimum absolute atomic E-state index is 0.536. The number of carbonyl (C=O) groups excluding carboxylic acids is 1. The predicted molar refractivity (Wildman–Crippen MR) is 81.7 cm³/mol. The zero-order chi connectivity index (χ0) is 15.4. The Balaban J connectivity index is 2.61. The molecule has 21 heavy (non-hydrogen) atoms. The highest BCUT2D eigenvalue weighted by atomic mass is 16.5. The Morgan fingerprint density at radius 1 is 0.857 bits per heavy atom. The van der Waals surface area contributed by atoms with Crippen LogP contribution in [0.25, 0.3) is 11.1 Å². The minimum atomic E-state index is 0.536. The topological polar surface area (TPSA) is 44.8 Å². The monoisotopic (exact) mass is 286 g/mol. The second-order valence-electron chi connectivity index (χ2n) is 4.60. The van der Waals surface area contributed by atoms with E-state index < -0.39 is 0 Å². The van der Waals surface area contributed by atoms with Crippen LogP contribution in [0.5, 0.6) is 17.2 Å². The fourth-order valence-corrected chi connectivity index (χ4v) is 2.29. The lowest BCUT2D eigenvalue weighted by atomic mass is 9.98. The van der Waals surface area contributed by atoms with Crippen molar-refractivity contribution in [2.45, 2.75) is 6.92 Å². The van der Waals surface area contributed by atoms with E-state index in [0.29, 0.717) is 17.1 Å². The summed E-state index contributed by atoms with van der Waals surface area (Å²) in [4.78, 5) is 11.4. The minimum Gasteiger partial charge on any atom is -0.496 e. The van der Waals surface area contributed by atoms with Gasteiger partial charge >= 0.3 is 0 Å². The summed E-state index contributed by atoms with van der Waals surface area (Å²) in [5.41, 5.74) is 3.28. The second kappa shape index (κ2) is 6.31. The van der Waals surface area contributed by atoms with Crippen molar-refractivity contribution in [1.82, 2.24) is 0 Å². The van der Waals surface area contributed by atoms with Crippen LogP contribution in [0.3, 0.4) is 0 Å². The summed E-state index contributed by atoms with van der Waals surface area (Å²) >= 11 is 0. The molecule has 0 aliphatic carbocycles. The zero-order valence-corrected chi connectivity index (χ0v) is 12.6. The normalized spacial score (nSPS) is 10.1. The van der Waals surface area contributed by atoms with E-state index >= 15 is 0 Å². The Bertz CT molecular complexity index is 662. The van der Waals surface area contributed by atoms with Gasteiger partial charge < -0.3 is 14.2 Å². The molecular weight excluding hydrogens is 268 g/mol. The number of rotatable bonds is 5. The Kier molecular flexibility index (Phi) is 4.48. The van der Waals surface area contributed by atoms with Gasteiger partial charge in [0.25, 0.3) is 0 Å². The van der Waals surface area contributed by atoms with Crippen molar-refractivity contribution in [2.75, 3.05) is 21.3 Å². The summed E-state index contributed by atoms with van der Waals surface area (Å²) in [5.74, 6) is 1.94. The molecule has 0 bridgehead atoms. The molecule has 2 rings (SSSR count). The van der Waals surface area contributed by atoms with Gasteiger partial charge in [0.15, 0.2) is 17.8 Å². The molecule has 0 N–H and O–H groups in total. The van der Waals surface area contributed by atoms with Gasteiger partial charge in [0, 0.05) is 5.56 Å². The Hall–Kier alpha value is -2.49. The standard InChI is InChI=1S/C17H18O4/c1-11-7-12(5-6-15(11)19-2)14-9-17(21-4)16(20-3)8-13(14)10-18/h5-10H,1-4H3. The van der Waals surface area contributed by atoms with Gasteiger partial charge in [0.1, 0.15) is 5.75 Å². The number of aldehydes is 1. The fraction of sp³-hybridized carbons (Fsp3) is 0.235. The zero-order valence-electron chi connectivity index (χ0n) is 12.6. The summed E-state index contributed by atoms with van der Waals surface area (Å²) in [6, 6.07) is 9.27. The van der Waals surface area contributed by atoms with Crippen LogP contribution in [0, 0.1) is 6.92 Å². The Labute approximate surface area is 124 Å². The molecule has 0 saturated heterocycles. The quantitative estimate of drug-likeness (QED) is 0.789. The van der Waals surface area contributed by atoms with Crippen molar-refractivity contribution in [3.63, 3.8) is 0 Å². The number of hydrogen-bond acceptors (Lipinski definition) is 4. The Morgan fingerprint density at radius 3 is 2.00 bits per heavy atom. The van der Waals surface area contributed by atoms with E-state index in [1.54, 1.807) is 27.4 Å². The van der Waals surface area contributed by atoms with Crippen LogP contribution in [-0.4, -0.2) is 27.6 Å². The summed E-state index contributed by atoms with van der Waals surface area (Å²) < 4.78 is 15.8. The lowest BCUT2D eigenvalue weighted by Crippen LogP contribution is -1.96. The first-order valence-corrected chi connectivity index (χ1v) is 6.50. The molecule has 0 aromatic heterocycles. The van der Waals surface area contributed by atoms with E-state index in [0.717, 1.165) is 28.7 Å². The molecule has 0 heterocycles. The third kappa shape index (κ3) is 2.84. The summed E-state index contributed by atoms with van der Waals surface area (Å²) in [6.07, 6.45) is 0.816. The van der Waals surface area contributed by atoms with E-state index in [1.807, 2.05) is 31.2 Å². The number of benzene rings is 2. The smallest absolute Gasteiger partial charge is 0.161 e.